The Morgan fingerprint density at radius 2 is 2.00 bits per heavy atom. The van der Waals surface area contributed by atoms with Crippen LogP contribution in [0.25, 0.3) is 22.4 Å². The summed E-state index contributed by atoms with van der Waals surface area (Å²) in [5.41, 5.74) is 5.80. The molecule has 3 aromatic rings. The molecule has 0 radical (unpaired) electrons. The fraction of sp³-hybridized carbons (Fsp3) is 0.500. The Morgan fingerprint density at radius 3 is 2.74 bits per heavy atom. The number of nitrogens with one attached hydrogen (secondary N) is 2. The lowest BCUT2D eigenvalue weighted by molar-refractivity contribution is 0.160. The molecule has 1 unspecified atom stereocenters. The van der Waals surface area contributed by atoms with E-state index in [4.69, 9.17) is 9.72 Å². The summed E-state index contributed by atoms with van der Waals surface area (Å²) in [5.74, 6) is 1.85. The van der Waals surface area contributed by atoms with Gasteiger partial charge >= 0.3 is 0 Å². The highest BCUT2D eigenvalue weighted by molar-refractivity contribution is 5.81. The fourth-order valence-electron chi connectivity index (χ4n) is 4.26. The van der Waals surface area contributed by atoms with E-state index >= 15 is 0 Å². The van der Waals surface area contributed by atoms with Gasteiger partial charge in [-0.15, -0.1) is 0 Å². The van der Waals surface area contributed by atoms with Gasteiger partial charge in [-0.05, 0) is 67.1 Å². The van der Waals surface area contributed by atoms with E-state index in [1.54, 1.807) is 0 Å². The molecular formula is C26H36N4O. The molecule has 5 nitrogen and oxygen atoms in total. The zero-order chi connectivity index (χ0) is 22.0. The van der Waals surface area contributed by atoms with Gasteiger partial charge in [0.05, 0.1) is 17.6 Å². The topological polar surface area (TPSA) is 53.2 Å². The quantitative estimate of drug-likeness (QED) is 0.557. The number of nitrogens with zero attached hydrogens (tertiary/aromatic N) is 2. The SMILES string of the molecule is Cc1cc(OCCCN2CCNCC2C)ccc1-c1nc2cc(C(C)(C)C)ccc2[nH]1. The Bertz CT molecular complexity index is 1030. The average molecular weight is 421 g/mol. The predicted molar refractivity (Wildman–Crippen MR) is 129 cm³/mol. The van der Waals surface area contributed by atoms with Gasteiger partial charge in [0.2, 0.25) is 0 Å². The van der Waals surface area contributed by atoms with E-state index in [0.717, 1.165) is 67.4 Å². The minimum absolute atomic E-state index is 0.116. The highest BCUT2D eigenvalue weighted by Crippen LogP contribution is 2.29. The number of piperazine rings is 1. The summed E-state index contributed by atoms with van der Waals surface area (Å²) in [6.45, 7) is 16.2. The standard InChI is InChI=1S/C26H36N4O/c1-18-15-21(31-14-6-12-30-13-11-27-17-19(30)2)8-9-22(18)25-28-23-10-7-20(26(3,4)5)16-24(23)29-25/h7-10,15-16,19,27H,6,11-14,17H2,1-5H3,(H,28,29). The zero-order valence-electron chi connectivity index (χ0n) is 19.6. The van der Waals surface area contributed by atoms with Crippen LogP contribution in [-0.2, 0) is 5.41 Å². The summed E-state index contributed by atoms with van der Waals surface area (Å²) in [4.78, 5) is 10.9. The van der Waals surface area contributed by atoms with E-state index in [1.807, 2.05) is 0 Å². The van der Waals surface area contributed by atoms with Crippen molar-refractivity contribution >= 4 is 11.0 Å². The van der Waals surface area contributed by atoms with Crippen molar-refractivity contribution < 1.29 is 4.74 Å². The normalized spacial score (nSPS) is 17.9. The lowest BCUT2D eigenvalue weighted by Gasteiger charge is -2.33. The van der Waals surface area contributed by atoms with Gasteiger partial charge in [-0.25, -0.2) is 4.98 Å². The summed E-state index contributed by atoms with van der Waals surface area (Å²) in [6, 6.07) is 13.4. The third-order valence-electron chi connectivity index (χ3n) is 6.30. The third kappa shape index (κ3) is 5.10. The number of hydrogen-bond acceptors (Lipinski definition) is 4. The van der Waals surface area contributed by atoms with Crippen molar-refractivity contribution in [2.45, 2.75) is 52.5 Å². The molecule has 1 saturated heterocycles. The maximum Gasteiger partial charge on any atom is 0.138 e. The van der Waals surface area contributed by atoms with Crippen molar-refractivity contribution in [3.63, 3.8) is 0 Å². The molecule has 0 spiro atoms. The summed E-state index contributed by atoms with van der Waals surface area (Å²) in [6.07, 6.45) is 1.05. The monoisotopic (exact) mass is 420 g/mol. The molecule has 0 saturated carbocycles. The Balaban J connectivity index is 1.40. The van der Waals surface area contributed by atoms with E-state index in [9.17, 15) is 0 Å². The van der Waals surface area contributed by atoms with Crippen LogP contribution in [0.2, 0.25) is 0 Å². The van der Waals surface area contributed by atoms with Crippen molar-refractivity contribution in [2.24, 2.45) is 0 Å². The lowest BCUT2D eigenvalue weighted by atomic mass is 9.87. The van der Waals surface area contributed by atoms with Crippen molar-refractivity contribution in [1.29, 1.82) is 0 Å². The third-order valence-corrected chi connectivity index (χ3v) is 6.30. The summed E-state index contributed by atoms with van der Waals surface area (Å²) in [7, 11) is 0. The molecule has 1 fully saturated rings. The molecule has 2 heterocycles. The molecule has 1 atom stereocenters. The van der Waals surface area contributed by atoms with Gasteiger partial charge in [-0.1, -0.05) is 26.8 Å². The second-order valence-corrected chi connectivity index (χ2v) is 9.84. The van der Waals surface area contributed by atoms with Gasteiger partial charge in [-0.3, -0.25) is 4.90 Å². The molecule has 2 aromatic carbocycles. The molecule has 1 aliphatic rings. The first-order chi connectivity index (χ1) is 14.8. The summed E-state index contributed by atoms with van der Waals surface area (Å²) >= 11 is 0. The molecule has 1 aliphatic heterocycles. The van der Waals surface area contributed by atoms with Crippen LogP contribution >= 0.6 is 0 Å². The van der Waals surface area contributed by atoms with E-state index in [2.05, 4.69) is 86.2 Å². The second kappa shape index (κ2) is 9.01. The number of hydrogen-bond donors (Lipinski definition) is 2. The largest absolute Gasteiger partial charge is 0.494 e. The van der Waals surface area contributed by atoms with E-state index in [1.165, 1.54) is 11.1 Å². The number of fused-ring (bicyclic) bond motifs is 1. The van der Waals surface area contributed by atoms with E-state index in [-0.39, 0.29) is 5.41 Å². The molecule has 1 aromatic heterocycles. The van der Waals surface area contributed by atoms with Gasteiger partial charge in [0.25, 0.3) is 0 Å². The van der Waals surface area contributed by atoms with Crippen molar-refractivity contribution in [3.05, 3.63) is 47.5 Å². The average Bonchev–Trinajstić information content (AvgIpc) is 3.15. The van der Waals surface area contributed by atoms with Gasteiger partial charge < -0.3 is 15.0 Å². The Labute approximate surface area is 186 Å². The van der Waals surface area contributed by atoms with Crippen LogP contribution in [0.5, 0.6) is 5.75 Å². The minimum atomic E-state index is 0.116. The second-order valence-electron chi connectivity index (χ2n) is 9.84. The lowest BCUT2D eigenvalue weighted by Crippen LogP contribution is -2.50. The molecule has 31 heavy (non-hydrogen) atoms. The molecule has 0 aliphatic carbocycles. The first-order valence-corrected chi connectivity index (χ1v) is 11.5. The number of aromatic amines is 1. The number of aromatic nitrogens is 2. The molecule has 4 rings (SSSR count). The van der Waals surface area contributed by atoms with Crippen LogP contribution < -0.4 is 10.1 Å². The number of rotatable bonds is 6. The first kappa shape index (κ1) is 21.8. The highest BCUT2D eigenvalue weighted by Gasteiger charge is 2.17. The summed E-state index contributed by atoms with van der Waals surface area (Å²) < 4.78 is 6.04. The number of benzene rings is 2. The van der Waals surface area contributed by atoms with Crippen LogP contribution in [0.15, 0.2) is 36.4 Å². The maximum absolute atomic E-state index is 6.04. The van der Waals surface area contributed by atoms with Crippen LogP contribution in [0.3, 0.4) is 0 Å². The number of imidazole rings is 1. The smallest absolute Gasteiger partial charge is 0.138 e. The van der Waals surface area contributed by atoms with Crippen LogP contribution in [-0.4, -0.2) is 53.7 Å². The van der Waals surface area contributed by atoms with Crippen molar-refractivity contribution in [2.75, 3.05) is 32.8 Å². The Hall–Kier alpha value is -2.37. The fourth-order valence-corrected chi connectivity index (χ4v) is 4.26. The number of aryl methyl sites for hydroxylation is 1. The predicted octanol–water partition coefficient (Wildman–Crippen LogP) is 4.90. The van der Waals surface area contributed by atoms with Gasteiger partial charge in [0.1, 0.15) is 11.6 Å². The van der Waals surface area contributed by atoms with Crippen molar-refractivity contribution in [1.82, 2.24) is 20.2 Å². The molecular weight excluding hydrogens is 384 g/mol. The van der Waals surface area contributed by atoms with Gasteiger partial charge in [0.15, 0.2) is 0 Å². The molecule has 0 amide bonds. The zero-order valence-corrected chi connectivity index (χ0v) is 19.6. The number of H-pyrrole nitrogens is 1. The molecule has 166 valence electrons. The Morgan fingerprint density at radius 1 is 1.16 bits per heavy atom. The van der Waals surface area contributed by atoms with Crippen molar-refractivity contribution in [3.8, 4) is 17.1 Å². The first-order valence-electron chi connectivity index (χ1n) is 11.5. The maximum atomic E-state index is 6.04. The van der Waals surface area contributed by atoms with E-state index in [0.29, 0.717) is 6.04 Å². The minimum Gasteiger partial charge on any atom is -0.494 e. The van der Waals surface area contributed by atoms with Crippen LogP contribution in [0, 0.1) is 6.92 Å². The summed E-state index contributed by atoms with van der Waals surface area (Å²) in [5, 5.41) is 3.44. The van der Waals surface area contributed by atoms with E-state index < -0.39 is 0 Å². The molecule has 0 bridgehead atoms. The van der Waals surface area contributed by atoms with Gasteiger partial charge in [-0.2, -0.15) is 0 Å². The highest BCUT2D eigenvalue weighted by atomic mass is 16.5. The Kier molecular flexibility index (Phi) is 6.35. The molecule has 5 heteroatoms. The molecule has 2 N–H and O–H groups in total. The van der Waals surface area contributed by atoms with Crippen LogP contribution in [0.4, 0.5) is 0 Å². The van der Waals surface area contributed by atoms with Gasteiger partial charge in [0, 0.05) is 37.8 Å². The number of ether oxygens (including phenoxy) is 1. The van der Waals surface area contributed by atoms with Crippen LogP contribution in [0.1, 0.15) is 45.2 Å².